The van der Waals surface area contributed by atoms with Crippen LogP contribution in [-0.2, 0) is 9.59 Å². The molecule has 122 valence electrons. The second-order valence-electron chi connectivity index (χ2n) is 3.53. The summed E-state index contributed by atoms with van der Waals surface area (Å²) in [5.74, 6) is -2.91. The van der Waals surface area contributed by atoms with Gasteiger partial charge in [0.05, 0.1) is 6.61 Å². The Balaban J connectivity index is -0.000000156. The third-order valence-electron chi connectivity index (χ3n) is 1.87. The van der Waals surface area contributed by atoms with Crippen molar-refractivity contribution >= 4 is 87.4 Å². The van der Waals surface area contributed by atoms with Gasteiger partial charge in [-0.15, -0.1) is 0 Å². The molecule has 0 aliphatic rings. The first-order valence-corrected chi connectivity index (χ1v) is 5.03. The zero-order valence-corrected chi connectivity index (χ0v) is 9.99. The molecule has 0 aromatic carbocycles. The van der Waals surface area contributed by atoms with Crippen LogP contribution in [0.5, 0.6) is 0 Å². The third-order valence-corrected chi connectivity index (χ3v) is 1.87. The van der Waals surface area contributed by atoms with Crippen LogP contribution in [0.1, 0.15) is 6.92 Å². The Kier molecular flexibility index (Phi) is 23.1. The third kappa shape index (κ3) is 14.5. The summed E-state index contributed by atoms with van der Waals surface area (Å²) in [4.78, 5) is 19.5. The van der Waals surface area contributed by atoms with Gasteiger partial charge in [-0.05, 0) is 6.92 Å². The minimum absolute atomic E-state index is 0. The zero-order chi connectivity index (χ0) is 15.7. The molecular formula is C9H22Ca2O10. The Morgan fingerprint density at radius 2 is 1.19 bits per heavy atom. The number of hydrogen-bond donors (Lipinski definition) is 8. The van der Waals surface area contributed by atoms with Crippen LogP contribution in [0.25, 0.3) is 0 Å². The molecule has 0 heterocycles. The van der Waals surface area contributed by atoms with Crippen LogP contribution in [0.2, 0.25) is 0 Å². The molecule has 0 aliphatic carbocycles. The SMILES string of the molecule is CC(O)C(=O)O.O=C(O)[C@H](O)[C@@H](O)[C@H](O)[C@H](O)CO.[CaH2].[CaH2]. The molecule has 8 N–H and O–H groups in total. The Morgan fingerprint density at radius 1 is 0.857 bits per heavy atom. The van der Waals surface area contributed by atoms with E-state index < -0.39 is 49.1 Å². The van der Waals surface area contributed by atoms with Crippen molar-refractivity contribution in [3.05, 3.63) is 0 Å². The second-order valence-corrected chi connectivity index (χ2v) is 3.53. The number of carbonyl (C=O) groups is 2. The van der Waals surface area contributed by atoms with Gasteiger partial charge in [-0.2, -0.15) is 0 Å². The van der Waals surface area contributed by atoms with E-state index in [4.69, 9.17) is 40.9 Å². The van der Waals surface area contributed by atoms with E-state index in [1.165, 1.54) is 6.92 Å². The van der Waals surface area contributed by atoms with Crippen LogP contribution >= 0.6 is 0 Å². The molecule has 12 heteroatoms. The van der Waals surface area contributed by atoms with Gasteiger partial charge in [0, 0.05) is 0 Å². The summed E-state index contributed by atoms with van der Waals surface area (Å²) in [6.45, 7) is 0.354. The van der Waals surface area contributed by atoms with Gasteiger partial charge in [-0.25, -0.2) is 9.59 Å². The molecule has 21 heavy (non-hydrogen) atoms. The van der Waals surface area contributed by atoms with E-state index in [1.807, 2.05) is 0 Å². The first-order valence-electron chi connectivity index (χ1n) is 5.03. The fourth-order valence-corrected chi connectivity index (χ4v) is 0.668. The molecule has 0 saturated carbocycles. The number of aliphatic hydroxyl groups excluding tert-OH is 6. The van der Waals surface area contributed by atoms with E-state index in [2.05, 4.69) is 0 Å². The van der Waals surface area contributed by atoms with Gasteiger partial charge in [0.15, 0.2) is 6.10 Å². The van der Waals surface area contributed by atoms with Gasteiger partial charge >= 0.3 is 87.4 Å². The van der Waals surface area contributed by atoms with Gasteiger partial charge in [-0.3, -0.25) is 0 Å². The average Bonchev–Trinajstić information content (AvgIpc) is 2.35. The molecule has 0 aromatic rings. The Morgan fingerprint density at radius 3 is 1.38 bits per heavy atom. The van der Waals surface area contributed by atoms with E-state index >= 15 is 0 Å². The normalized spacial score (nSPS) is 16.5. The van der Waals surface area contributed by atoms with Gasteiger partial charge in [0.25, 0.3) is 0 Å². The molecule has 0 radical (unpaired) electrons. The number of aliphatic hydroxyl groups is 6. The number of carboxylic acids is 2. The van der Waals surface area contributed by atoms with E-state index in [9.17, 15) is 9.59 Å². The Hall–Kier alpha value is 1.22. The van der Waals surface area contributed by atoms with Crippen LogP contribution in [-0.4, -0.2) is 165 Å². The predicted octanol–water partition coefficient (Wildman–Crippen LogP) is -5.87. The molecule has 0 amide bonds. The molecular weight excluding hydrogens is 348 g/mol. The first-order chi connectivity index (χ1) is 8.56. The summed E-state index contributed by atoms with van der Waals surface area (Å²) in [6.07, 6.45) is -9.07. The molecule has 0 fully saturated rings. The van der Waals surface area contributed by atoms with Gasteiger partial charge in [-0.1, -0.05) is 0 Å². The fourth-order valence-electron chi connectivity index (χ4n) is 0.668. The second kappa shape index (κ2) is 16.1. The number of carboxylic acid groups (broad SMARTS) is 2. The molecule has 5 atom stereocenters. The average molecular weight is 370 g/mol. The summed E-state index contributed by atoms with van der Waals surface area (Å²) in [5.41, 5.74) is 0. The summed E-state index contributed by atoms with van der Waals surface area (Å²) in [5, 5.41) is 67.6. The number of aliphatic carboxylic acids is 2. The maximum atomic E-state index is 10.1. The van der Waals surface area contributed by atoms with Crippen molar-refractivity contribution in [3.63, 3.8) is 0 Å². The molecule has 0 aromatic heterocycles. The standard InChI is InChI=1S/C6H12O7.C3H6O3.2Ca.4H/c7-1-2(8)3(9)4(10)5(11)6(12)13;1-2(4)3(5)6;;;;;;/h2-5,7-11H,1H2,(H,12,13);2,4H,1H3,(H,5,6);;;;;;/t2-,3-,4+,5-;;;;;;;/m1......./s1. The topological polar surface area (TPSA) is 196 Å². The van der Waals surface area contributed by atoms with Crippen molar-refractivity contribution < 1.29 is 50.4 Å². The Bertz CT molecular complexity index is 288. The van der Waals surface area contributed by atoms with Gasteiger partial charge in [0.2, 0.25) is 0 Å². The van der Waals surface area contributed by atoms with E-state index in [1.54, 1.807) is 0 Å². The molecule has 0 rings (SSSR count). The van der Waals surface area contributed by atoms with Crippen LogP contribution in [0.15, 0.2) is 0 Å². The van der Waals surface area contributed by atoms with Gasteiger partial charge < -0.3 is 40.9 Å². The predicted molar refractivity (Wildman–Crippen MR) is 75.2 cm³/mol. The van der Waals surface area contributed by atoms with Crippen LogP contribution in [0.3, 0.4) is 0 Å². The van der Waals surface area contributed by atoms with E-state index in [-0.39, 0.29) is 75.5 Å². The minimum atomic E-state index is -2.20. The number of hydrogen-bond acceptors (Lipinski definition) is 8. The molecule has 0 spiro atoms. The summed E-state index contributed by atoms with van der Waals surface area (Å²) in [7, 11) is 0. The summed E-state index contributed by atoms with van der Waals surface area (Å²) >= 11 is 0. The zero-order valence-electron chi connectivity index (χ0n) is 9.99. The van der Waals surface area contributed by atoms with Crippen molar-refractivity contribution in [1.29, 1.82) is 0 Å². The molecule has 1 unspecified atom stereocenters. The van der Waals surface area contributed by atoms with Crippen LogP contribution in [0, 0.1) is 0 Å². The Labute approximate surface area is 180 Å². The van der Waals surface area contributed by atoms with Crippen molar-refractivity contribution in [3.8, 4) is 0 Å². The molecule has 10 nitrogen and oxygen atoms in total. The van der Waals surface area contributed by atoms with Crippen molar-refractivity contribution in [1.82, 2.24) is 0 Å². The molecule has 0 aliphatic heterocycles. The van der Waals surface area contributed by atoms with Crippen molar-refractivity contribution in [2.45, 2.75) is 37.4 Å². The summed E-state index contributed by atoms with van der Waals surface area (Å²) < 4.78 is 0. The quantitative estimate of drug-likeness (QED) is 0.208. The van der Waals surface area contributed by atoms with Gasteiger partial charge in [0.1, 0.15) is 24.4 Å². The fraction of sp³-hybridized carbons (Fsp3) is 0.778. The van der Waals surface area contributed by atoms with Crippen LogP contribution < -0.4 is 0 Å². The maximum absolute atomic E-state index is 10.1. The van der Waals surface area contributed by atoms with E-state index in [0.29, 0.717) is 0 Å². The molecule has 0 saturated heterocycles. The van der Waals surface area contributed by atoms with Crippen molar-refractivity contribution in [2.75, 3.05) is 6.61 Å². The molecule has 0 bridgehead atoms. The number of rotatable bonds is 6. The van der Waals surface area contributed by atoms with Crippen molar-refractivity contribution in [2.24, 2.45) is 0 Å². The monoisotopic (exact) mass is 370 g/mol. The summed E-state index contributed by atoms with van der Waals surface area (Å²) in [6, 6.07) is 0. The van der Waals surface area contributed by atoms with E-state index in [0.717, 1.165) is 0 Å². The first kappa shape index (κ1) is 30.1. The van der Waals surface area contributed by atoms with Crippen LogP contribution in [0.4, 0.5) is 0 Å².